The Morgan fingerprint density at radius 2 is 1.96 bits per heavy atom. The zero-order chi connectivity index (χ0) is 17.9. The van der Waals surface area contributed by atoms with Gasteiger partial charge in [0.15, 0.2) is 5.11 Å². The van der Waals surface area contributed by atoms with Gasteiger partial charge in [0.1, 0.15) is 18.2 Å². The Bertz CT molecular complexity index is 692. The molecular formula is C19H21FN2OS2. The topological polar surface area (TPSA) is 33.3 Å². The minimum atomic E-state index is -0.152. The molecule has 0 heterocycles. The Balaban J connectivity index is 1.63. The van der Waals surface area contributed by atoms with Crippen LogP contribution in [0.1, 0.15) is 5.56 Å². The van der Waals surface area contributed by atoms with Crippen LogP contribution in [0.25, 0.3) is 0 Å². The van der Waals surface area contributed by atoms with Gasteiger partial charge in [0.2, 0.25) is 0 Å². The molecule has 0 radical (unpaired) electrons. The first-order valence-corrected chi connectivity index (χ1v) is 9.45. The SMILES string of the molecule is C=CCOc1ccc(NC(=S)NCCSCc2ccccc2F)cc1. The van der Waals surface area contributed by atoms with E-state index in [2.05, 4.69) is 17.2 Å². The molecule has 25 heavy (non-hydrogen) atoms. The van der Waals surface area contributed by atoms with E-state index in [0.717, 1.165) is 22.8 Å². The highest BCUT2D eigenvalue weighted by molar-refractivity contribution is 7.98. The average Bonchev–Trinajstić information content (AvgIpc) is 2.62. The summed E-state index contributed by atoms with van der Waals surface area (Å²) >= 11 is 6.93. The van der Waals surface area contributed by atoms with Crippen molar-refractivity contribution in [3.63, 3.8) is 0 Å². The molecule has 0 fully saturated rings. The molecule has 0 unspecified atom stereocenters. The molecule has 0 bridgehead atoms. The number of thiocarbonyl (C=S) groups is 1. The van der Waals surface area contributed by atoms with Crippen molar-refractivity contribution in [3.8, 4) is 5.75 Å². The summed E-state index contributed by atoms with van der Waals surface area (Å²) in [5.41, 5.74) is 1.62. The molecule has 0 spiro atoms. The molecule has 0 atom stereocenters. The lowest BCUT2D eigenvalue weighted by molar-refractivity contribution is 0.363. The molecule has 0 saturated heterocycles. The number of ether oxygens (including phenoxy) is 1. The Morgan fingerprint density at radius 1 is 1.20 bits per heavy atom. The predicted octanol–water partition coefficient (Wildman–Crippen LogP) is 4.61. The predicted molar refractivity (Wildman–Crippen MR) is 109 cm³/mol. The molecule has 0 aliphatic heterocycles. The lowest BCUT2D eigenvalue weighted by atomic mass is 10.2. The average molecular weight is 377 g/mol. The van der Waals surface area contributed by atoms with Crippen molar-refractivity contribution >= 4 is 34.8 Å². The molecule has 0 saturated carbocycles. The van der Waals surface area contributed by atoms with Gasteiger partial charge >= 0.3 is 0 Å². The number of rotatable bonds is 9. The summed E-state index contributed by atoms with van der Waals surface area (Å²) in [4.78, 5) is 0. The van der Waals surface area contributed by atoms with E-state index in [0.29, 0.717) is 24.0 Å². The fourth-order valence-corrected chi connectivity index (χ4v) is 3.06. The Morgan fingerprint density at radius 3 is 2.68 bits per heavy atom. The van der Waals surface area contributed by atoms with Crippen LogP contribution in [0.5, 0.6) is 5.75 Å². The number of nitrogens with one attached hydrogen (secondary N) is 2. The van der Waals surface area contributed by atoms with Crippen LogP contribution in [0.4, 0.5) is 10.1 Å². The highest BCUT2D eigenvalue weighted by atomic mass is 32.2. The summed E-state index contributed by atoms with van der Waals surface area (Å²) in [6.45, 7) is 4.81. The molecule has 2 N–H and O–H groups in total. The third-order valence-electron chi connectivity index (χ3n) is 3.23. The van der Waals surface area contributed by atoms with Gasteiger partial charge in [0, 0.05) is 23.7 Å². The molecule has 0 aromatic heterocycles. The van der Waals surface area contributed by atoms with Crippen molar-refractivity contribution in [3.05, 3.63) is 72.6 Å². The van der Waals surface area contributed by atoms with Crippen LogP contribution >= 0.6 is 24.0 Å². The Kier molecular flexibility index (Phi) is 8.28. The van der Waals surface area contributed by atoms with E-state index in [1.807, 2.05) is 36.4 Å². The zero-order valence-electron chi connectivity index (χ0n) is 13.8. The van der Waals surface area contributed by atoms with Crippen molar-refractivity contribution < 1.29 is 9.13 Å². The van der Waals surface area contributed by atoms with Crippen molar-refractivity contribution in [2.75, 3.05) is 24.2 Å². The second-order valence-electron chi connectivity index (χ2n) is 5.15. The first-order valence-electron chi connectivity index (χ1n) is 7.89. The van der Waals surface area contributed by atoms with Gasteiger partial charge in [-0.15, -0.1) is 0 Å². The van der Waals surface area contributed by atoms with Gasteiger partial charge in [-0.3, -0.25) is 0 Å². The van der Waals surface area contributed by atoms with E-state index in [1.54, 1.807) is 23.9 Å². The smallest absolute Gasteiger partial charge is 0.170 e. The summed E-state index contributed by atoms with van der Waals surface area (Å²) in [6, 6.07) is 14.4. The van der Waals surface area contributed by atoms with E-state index in [1.165, 1.54) is 6.07 Å². The number of hydrogen-bond donors (Lipinski definition) is 2. The minimum Gasteiger partial charge on any atom is -0.490 e. The zero-order valence-corrected chi connectivity index (χ0v) is 15.5. The summed E-state index contributed by atoms with van der Waals surface area (Å²) in [5.74, 6) is 2.13. The number of benzene rings is 2. The van der Waals surface area contributed by atoms with Crippen LogP contribution in [0, 0.1) is 5.82 Å². The molecule has 2 aromatic carbocycles. The Labute approximate surface area is 157 Å². The first-order chi connectivity index (χ1) is 12.2. The van der Waals surface area contributed by atoms with Crippen LogP contribution in [-0.4, -0.2) is 24.0 Å². The fraction of sp³-hybridized carbons (Fsp3) is 0.211. The van der Waals surface area contributed by atoms with Gasteiger partial charge in [-0.25, -0.2) is 4.39 Å². The lowest BCUT2D eigenvalue weighted by Gasteiger charge is -2.11. The van der Waals surface area contributed by atoms with Crippen LogP contribution < -0.4 is 15.4 Å². The van der Waals surface area contributed by atoms with Gasteiger partial charge in [-0.1, -0.05) is 30.9 Å². The summed E-state index contributed by atoms with van der Waals surface area (Å²) < 4.78 is 18.9. The third kappa shape index (κ3) is 7.15. The molecule has 6 heteroatoms. The van der Waals surface area contributed by atoms with Crippen molar-refractivity contribution in [2.45, 2.75) is 5.75 Å². The van der Waals surface area contributed by atoms with Gasteiger partial charge in [0.25, 0.3) is 0 Å². The second kappa shape index (κ2) is 10.7. The number of hydrogen-bond acceptors (Lipinski definition) is 3. The molecule has 0 amide bonds. The second-order valence-corrected chi connectivity index (χ2v) is 6.66. The molecule has 2 rings (SSSR count). The number of thioether (sulfide) groups is 1. The van der Waals surface area contributed by atoms with E-state index in [9.17, 15) is 4.39 Å². The van der Waals surface area contributed by atoms with Crippen molar-refractivity contribution in [1.29, 1.82) is 0 Å². The summed E-state index contributed by atoms with van der Waals surface area (Å²) in [7, 11) is 0. The third-order valence-corrected chi connectivity index (χ3v) is 4.48. The lowest BCUT2D eigenvalue weighted by Crippen LogP contribution is -2.30. The van der Waals surface area contributed by atoms with Gasteiger partial charge in [-0.05, 0) is 48.1 Å². The molecular weight excluding hydrogens is 355 g/mol. The van der Waals surface area contributed by atoms with Crippen LogP contribution in [0.2, 0.25) is 0 Å². The van der Waals surface area contributed by atoms with E-state index < -0.39 is 0 Å². The number of anilines is 1. The maximum Gasteiger partial charge on any atom is 0.170 e. The molecule has 132 valence electrons. The highest BCUT2D eigenvalue weighted by Crippen LogP contribution is 2.16. The maximum atomic E-state index is 13.5. The van der Waals surface area contributed by atoms with Crippen LogP contribution in [0.15, 0.2) is 61.2 Å². The van der Waals surface area contributed by atoms with E-state index in [-0.39, 0.29) is 5.82 Å². The highest BCUT2D eigenvalue weighted by Gasteiger charge is 2.01. The largest absolute Gasteiger partial charge is 0.490 e. The molecule has 3 nitrogen and oxygen atoms in total. The quantitative estimate of drug-likeness (QED) is 0.379. The van der Waals surface area contributed by atoms with Gasteiger partial charge in [-0.2, -0.15) is 11.8 Å². The molecule has 0 aliphatic carbocycles. The van der Waals surface area contributed by atoms with E-state index in [4.69, 9.17) is 17.0 Å². The first kappa shape index (κ1) is 19.3. The fourth-order valence-electron chi connectivity index (χ4n) is 2.00. The van der Waals surface area contributed by atoms with Gasteiger partial charge in [0.05, 0.1) is 0 Å². The number of halogens is 1. The van der Waals surface area contributed by atoms with Gasteiger partial charge < -0.3 is 15.4 Å². The van der Waals surface area contributed by atoms with Crippen LogP contribution in [0.3, 0.4) is 0 Å². The Hall–Kier alpha value is -2.05. The molecule has 0 aliphatic rings. The monoisotopic (exact) mass is 376 g/mol. The van der Waals surface area contributed by atoms with Crippen molar-refractivity contribution in [2.24, 2.45) is 0 Å². The van der Waals surface area contributed by atoms with Crippen LogP contribution in [-0.2, 0) is 5.75 Å². The molecule has 2 aromatic rings. The van der Waals surface area contributed by atoms with Crippen molar-refractivity contribution in [1.82, 2.24) is 5.32 Å². The summed E-state index contributed by atoms with van der Waals surface area (Å²) in [6.07, 6.45) is 1.70. The summed E-state index contributed by atoms with van der Waals surface area (Å²) in [5, 5.41) is 6.82. The minimum absolute atomic E-state index is 0.152. The normalized spacial score (nSPS) is 10.1. The standard InChI is InChI=1S/C19H21FN2OS2/c1-2-12-23-17-9-7-16(8-10-17)22-19(24)21-11-13-25-14-15-5-3-4-6-18(15)20/h2-10H,1,11-14H2,(H2,21,22,24). The van der Waals surface area contributed by atoms with E-state index >= 15 is 0 Å². The maximum absolute atomic E-state index is 13.5.